The molecular weight excluding hydrogens is 182 g/mol. The Labute approximate surface area is 80.7 Å². The lowest BCUT2D eigenvalue weighted by Crippen LogP contribution is -1.98. The molecule has 0 atom stereocenters. The van der Waals surface area contributed by atoms with Crippen LogP contribution >= 0.6 is 0 Å². The fourth-order valence-electron chi connectivity index (χ4n) is 1.33. The predicted octanol–water partition coefficient (Wildman–Crippen LogP) is 2.22. The Morgan fingerprint density at radius 2 is 2.07 bits per heavy atom. The van der Waals surface area contributed by atoms with E-state index < -0.39 is 5.97 Å². The maximum Gasteiger partial charge on any atom is 0.307 e. The fraction of sp³-hybridized carbons (Fsp3) is 0.100. The number of aliphatic carboxylic acids is 1. The zero-order valence-corrected chi connectivity index (χ0v) is 7.56. The molecule has 0 aliphatic heterocycles. The van der Waals surface area contributed by atoms with E-state index in [0.29, 0.717) is 0 Å². The molecule has 0 fully saturated rings. The average Bonchev–Trinajstić information content (AvgIpc) is 2.48. The van der Waals surface area contributed by atoms with E-state index >= 15 is 0 Å². The number of fused-ring (bicyclic) bond motifs is 1. The van der Waals surface area contributed by atoms with Gasteiger partial charge in [-0.2, -0.15) is 0 Å². The highest BCUT2D eigenvalue weighted by molar-refractivity contribution is 5.85. The number of benzene rings is 1. The van der Waals surface area contributed by atoms with Crippen LogP contribution in [-0.4, -0.2) is 11.1 Å². The highest BCUT2D eigenvalue weighted by Crippen LogP contribution is 2.20. The third-order valence-electron chi connectivity index (χ3n) is 1.90. The summed E-state index contributed by atoms with van der Waals surface area (Å²) in [5.41, 5.74) is 1.46. The minimum absolute atomic E-state index is 0. The van der Waals surface area contributed by atoms with Crippen molar-refractivity contribution in [2.45, 2.75) is 6.42 Å². The molecule has 0 aliphatic carbocycles. The standard InChI is InChI=1S/C10H8O3.H3N/c11-10(12)5-7-6-13-9-4-2-1-3-8(7)9;/h1-4,6H,5H2,(H,11,12);1H3. The summed E-state index contributed by atoms with van der Waals surface area (Å²) in [6.45, 7) is 0. The number of rotatable bonds is 2. The molecule has 74 valence electrons. The van der Waals surface area contributed by atoms with Gasteiger partial charge in [-0.05, 0) is 6.07 Å². The highest BCUT2D eigenvalue weighted by Gasteiger charge is 2.07. The fourth-order valence-corrected chi connectivity index (χ4v) is 1.33. The van der Waals surface area contributed by atoms with Crippen LogP contribution in [0.1, 0.15) is 5.56 Å². The van der Waals surface area contributed by atoms with Crippen LogP contribution in [0.3, 0.4) is 0 Å². The molecule has 1 heterocycles. The molecule has 0 saturated heterocycles. The van der Waals surface area contributed by atoms with Gasteiger partial charge in [0.15, 0.2) is 0 Å². The van der Waals surface area contributed by atoms with Crippen molar-refractivity contribution < 1.29 is 14.3 Å². The summed E-state index contributed by atoms with van der Waals surface area (Å²) >= 11 is 0. The molecule has 2 aromatic rings. The molecular formula is C10H11NO3. The minimum Gasteiger partial charge on any atom is -0.481 e. The number of carbonyl (C=O) groups is 1. The van der Waals surface area contributed by atoms with Crippen LogP contribution in [0.5, 0.6) is 0 Å². The summed E-state index contributed by atoms with van der Waals surface area (Å²) in [5, 5.41) is 9.48. The molecule has 2 rings (SSSR count). The first kappa shape index (κ1) is 10.3. The van der Waals surface area contributed by atoms with E-state index in [9.17, 15) is 4.79 Å². The van der Waals surface area contributed by atoms with Gasteiger partial charge in [0, 0.05) is 10.9 Å². The SMILES string of the molecule is N.O=C(O)Cc1coc2ccccc12. The number of carboxylic acids is 1. The Morgan fingerprint density at radius 1 is 1.36 bits per heavy atom. The number of carboxylic acid groups (broad SMARTS) is 1. The molecule has 0 radical (unpaired) electrons. The highest BCUT2D eigenvalue weighted by atomic mass is 16.4. The number of para-hydroxylation sites is 1. The largest absolute Gasteiger partial charge is 0.481 e. The summed E-state index contributed by atoms with van der Waals surface area (Å²) in [6.07, 6.45) is 1.51. The van der Waals surface area contributed by atoms with E-state index in [1.807, 2.05) is 24.3 Å². The quantitative estimate of drug-likeness (QED) is 0.765. The average molecular weight is 193 g/mol. The zero-order valence-electron chi connectivity index (χ0n) is 7.56. The molecule has 4 nitrogen and oxygen atoms in total. The van der Waals surface area contributed by atoms with Crippen LogP contribution in [0.2, 0.25) is 0 Å². The second kappa shape index (κ2) is 3.93. The topological polar surface area (TPSA) is 85.4 Å². The third-order valence-corrected chi connectivity index (χ3v) is 1.90. The Balaban J connectivity index is 0.000000980. The molecule has 0 amide bonds. The number of hydrogen-bond donors (Lipinski definition) is 2. The van der Waals surface area contributed by atoms with Gasteiger partial charge in [0.2, 0.25) is 0 Å². The summed E-state index contributed by atoms with van der Waals surface area (Å²) in [6, 6.07) is 7.40. The maximum absolute atomic E-state index is 10.5. The summed E-state index contributed by atoms with van der Waals surface area (Å²) in [5.74, 6) is -0.841. The Kier molecular flexibility index (Phi) is 2.89. The van der Waals surface area contributed by atoms with E-state index in [0.717, 1.165) is 16.5 Å². The molecule has 4 N–H and O–H groups in total. The van der Waals surface area contributed by atoms with Crippen molar-refractivity contribution in [1.82, 2.24) is 6.15 Å². The number of hydrogen-bond acceptors (Lipinski definition) is 3. The predicted molar refractivity (Wildman–Crippen MR) is 52.6 cm³/mol. The normalized spacial score (nSPS) is 9.71. The first-order valence-corrected chi connectivity index (χ1v) is 3.94. The Hall–Kier alpha value is -1.81. The van der Waals surface area contributed by atoms with Crippen LogP contribution in [-0.2, 0) is 11.2 Å². The van der Waals surface area contributed by atoms with Crippen LogP contribution in [0.4, 0.5) is 0 Å². The van der Waals surface area contributed by atoms with E-state index in [-0.39, 0.29) is 12.6 Å². The van der Waals surface area contributed by atoms with Crippen molar-refractivity contribution in [3.63, 3.8) is 0 Å². The van der Waals surface area contributed by atoms with Crippen molar-refractivity contribution in [2.75, 3.05) is 0 Å². The van der Waals surface area contributed by atoms with Gasteiger partial charge in [0.1, 0.15) is 5.58 Å². The van der Waals surface area contributed by atoms with E-state index in [1.165, 1.54) is 6.26 Å². The van der Waals surface area contributed by atoms with Gasteiger partial charge in [-0.3, -0.25) is 4.79 Å². The van der Waals surface area contributed by atoms with E-state index in [2.05, 4.69) is 0 Å². The van der Waals surface area contributed by atoms with Gasteiger partial charge in [0.25, 0.3) is 0 Å². The Morgan fingerprint density at radius 3 is 2.79 bits per heavy atom. The molecule has 0 aliphatic rings. The third kappa shape index (κ3) is 1.75. The molecule has 1 aromatic heterocycles. The van der Waals surface area contributed by atoms with Crippen molar-refractivity contribution >= 4 is 16.9 Å². The van der Waals surface area contributed by atoms with Gasteiger partial charge in [0.05, 0.1) is 12.7 Å². The lowest BCUT2D eigenvalue weighted by molar-refractivity contribution is -0.136. The molecule has 0 unspecified atom stereocenters. The van der Waals surface area contributed by atoms with Crippen molar-refractivity contribution in [2.24, 2.45) is 0 Å². The van der Waals surface area contributed by atoms with Gasteiger partial charge in [-0.25, -0.2) is 0 Å². The van der Waals surface area contributed by atoms with Crippen molar-refractivity contribution in [1.29, 1.82) is 0 Å². The molecule has 0 bridgehead atoms. The number of furan rings is 1. The lowest BCUT2D eigenvalue weighted by atomic mass is 10.1. The summed E-state index contributed by atoms with van der Waals surface area (Å²) < 4.78 is 5.19. The van der Waals surface area contributed by atoms with Crippen LogP contribution in [0.15, 0.2) is 34.9 Å². The second-order valence-electron chi connectivity index (χ2n) is 2.83. The van der Waals surface area contributed by atoms with E-state index in [1.54, 1.807) is 0 Å². The molecule has 14 heavy (non-hydrogen) atoms. The van der Waals surface area contributed by atoms with Gasteiger partial charge in [-0.1, -0.05) is 18.2 Å². The molecule has 0 saturated carbocycles. The van der Waals surface area contributed by atoms with Crippen molar-refractivity contribution in [3.8, 4) is 0 Å². The van der Waals surface area contributed by atoms with Gasteiger partial charge < -0.3 is 15.7 Å². The Bertz CT molecular complexity index is 447. The first-order valence-electron chi connectivity index (χ1n) is 3.94. The summed E-state index contributed by atoms with van der Waals surface area (Å²) in [4.78, 5) is 10.5. The lowest BCUT2D eigenvalue weighted by Gasteiger charge is -1.90. The summed E-state index contributed by atoms with van der Waals surface area (Å²) in [7, 11) is 0. The van der Waals surface area contributed by atoms with Crippen molar-refractivity contribution in [3.05, 3.63) is 36.1 Å². The smallest absolute Gasteiger partial charge is 0.307 e. The monoisotopic (exact) mass is 193 g/mol. The molecule has 4 heteroatoms. The van der Waals surface area contributed by atoms with Gasteiger partial charge in [-0.15, -0.1) is 0 Å². The molecule has 0 spiro atoms. The zero-order chi connectivity index (χ0) is 9.26. The first-order chi connectivity index (χ1) is 6.27. The second-order valence-corrected chi connectivity index (χ2v) is 2.83. The van der Waals surface area contributed by atoms with Crippen LogP contribution in [0, 0.1) is 0 Å². The van der Waals surface area contributed by atoms with Gasteiger partial charge >= 0.3 is 5.97 Å². The minimum atomic E-state index is -0.841. The molecule has 1 aromatic carbocycles. The van der Waals surface area contributed by atoms with E-state index in [4.69, 9.17) is 9.52 Å². The maximum atomic E-state index is 10.5. The van der Waals surface area contributed by atoms with Crippen LogP contribution in [0.25, 0.3) is 11.0 Å². The van der Waals surface area contributed by atoms with Crippen LogP contribution < -0.4 is 6.15 Å².